The van der Waals surface area contributed by atoms with Crippen molar-refractivity contribution < 1.29 is 14.1 Å². The molecule has 1 N–H and O–H groups in total. The van der Waals surface area contributed by atoms with Gasteiger partial charge in [0.2, 0.25) is 5.91 Å². The van der Waals surface area contributed by atoms with E-state index in [9.17, 15) is 14.9 Å². The molecule has 0 unspecified atom stereocenters. The van der Waals surface area contributed by atoms with Crippen LogP contribution in [0.4, 0.5) is 11.4 Å². The molecule has 3 aromatic rings. The minimum absolute atomic E-state index is 0.0412. The van der Waals surface area contributed by atoms with Crippen molar-refractivity contribution in [2.24, 2.45) is 0 Å². The van der Waals surface area contributed by atoms with Crippen molar-refractivity contribution in [3.8, 4) is 11.5 Å². The molecule has 0 fully saturated rings. The molecular weight excluding hydrogens is 368 g/mol. The molecule has 27 heavy (non-hydrogen) atoms. The first kappa shape index (κ1) is 18.6. The van der Waals surface area contributed by atoms with Gasteiger partial charge in [0.05, 0.1) is 10.7 Å². The third kappa shape index (κ3) is 4.70. The van der Waals surface area contributed by atoms with E-state index in [1.165, 1.54) is 12.1 Å². The van der Waals surface area contributed by atoms with E-state index >= 15 is 0 Å². The number of aromatic nitrogens is 2. The van der Waals surface area contributed by atoms with Crippen molar-refractivity contribution in [1.29, 1.82) is 0 Å². The SMILES string of the molecule is Cc1cc(C)cc(NC(=O)CSc2nnc(-c3ccccc3[N+](=O)[O-])o2)c1. The monoisotopic (exact) mass is 384 g/mol. The highest BCUT2D eigenvalue weighted by Crippen LogP contribution is 2.30. The number of hydrogen-bond donors (Lipinski definition) is 1. The maximum atomic E-state index is 12.1. The lowest BCUT2D eigenvalue weighted by Crippen LogP contribution is -2.14. The summed E-state index contributed by atoms with van der Waals surface area (Å²) in [5.74, 6) is -0.0964. The number of carbonyl (C=O) groups is 1. The van der Waals surface area contributed by atoms with E-state index < -0.39 is 4.92 Å². The van der Waals surface area contributed by atoms with Crippen LogP contribution in [0.5, 0.6) is 0 Å². The summed E-state index contributed by atoms with van der Waals surface area (Å²) in [7, 11) is 0. The van der Waals surface area contributed by atoms with Crippen LogP contribution in [0.2, 0.25) is 0 Å². The first-order valence-corrected chi connectivity index (χ1v) is 8.99. The van der Waals surface area contributed by atoms with E-state index in [0.717, 1.165) is 28.6 Å². The van der Waals surface area contributed by atoms with E-state index in [0.29, 0.717) is 0 Å². The number of nitrogens with one attached hydrogen (secondary N) is 1. The number of nitro benzene ring substituents is 1. The number of hydrogen-bond acceptors (Lipinski definition) is 7. The standard InChI is InChI=1S/C18H16N4O4S/c1-11-7-12(2)9-13(8-11)19-16(23)10-27-18-21-20-17(26-18)14-5-3-4-6-15(14)22(24)25/h3-9H,10H2,1-2H3,(H,19,23). The van der Waals surface area contributed by atoms with Crippen molar-refractivity contribution >= 4 is 29.0 Å². The van der Waals surface area contributed by atoms with Gasteiger partial charge >= 0.3 is 0 Å². The summed E-state index contributed by atoms with van der Waals surface area (Å²) in [6, 6.07) is 11.9. The van der Waals surface area contributed by atoms with Crippen LogP contribution in [0.3, 0.4) is 0 Å². The Labute approximate surface area is 159 Å². The van der Waals surface area contributed by atoms with Crippen LogP contribution in [0.1, 0.15) is 11.1 Å². The van der Waals surface area contributed by atoms with Gasteiger partial charge in [-0.05, 0) is 43.2 Å². The summed E-state index contributed by atoms with van der Waals surface area (Å²) in [5, 5.41) is 21.8. The molecular formula is C18H16N4O4S. The number of para-hydroxylation sites is 1. The molecule has 0 spiro atoms. The molecule has 0 atom stereocenters. The van der Waals surface area contributed by atoms with E-state index in [2.05, 4.69) is 15.5 Å². The molecule has 0 saturated heterocycles. The topological polar surface area (TPSA) is 111 Å². The minimum Gasteiger partial charge on any atom is -0.411 e. The molecule has 1 heterocycles. The third-order valence-corrected chi connectivity index (χ3v) is 4.39. The van der Waals surface area contributed by atoms with Crippen LogP contribution in [0, 0.1) is 24.0 Å². The molecule has 0 bridgehead atoms. The number of nitrogens with zero attached hydrogens (tertiary/aromatic N) is 3. The predicted molar refractivity (Wildman–Crippen MR) is 102 cm³/mol. The maximum absolute atomic E-state index is 12.1. The van der Waals surface area contributed by atoms with Crippen LogP contribution in [-0.4, -0.2) is 26.8 Å². The molecule has 138 valence electrons. The number of aryl methyl sites for hydroxylation is 2. The van der Waals surface area contributed by atoms with Crippen LogP contribution < -0.4 is 5.32 Å². The largest absolute Gasteiger partial charge is 0.411 e. The van der Waals surface area contributed by atoms with Gasteiger partial charge in [-0.1, -0.05) is 30.0 Å². The number of anilines is 1. The Morgan fingerprint density at radius 2 is 1.89 bits per heavy atom. The number of amides is 1. The molecule has 0 saturated carbocycles. The van der Waals surface area contributed by atoms with Gasteiger partial charge < -0.3 is 9.73 Å². The van der Waals surface area contributed by atoms with E-state index in [1.807, 2.05) is 32.0 Å². The molecule has 1 aromatic heterocycles. The molecule has 0 aliphatic heterocycles. The second kappa shape index (κ2) is 8.00. The zero-order chi connectivity index (χ0) is 19.4. The van der Waals surface area contributed by atoms with Crippen LogP contribution in [-0.2, 0) is 4.79 Å². The molecule has 8 nitrogen and oxygen atoms in total. The number of nitro groups is 1. The first-order chi connectivity index (χ1) is 12.9. The van der Waals surface area contributed by atoms with Gasteiger partial charge in [0.1, 0.15) is 5.56 Å². The summed E-state index contributed by atoms with van der Waals surface area (Å²) in [6.07, 6.45) is 0. The van der Waals surface area contributed by atoms with Crippen molar-refractivity contribution in [1.82, 2.24) is 10.2 Å². The zero-order valence-electron chi connectivity index (χ0n) is 14.6. The molecule has 3 rings (SSSR count). The van der Waals surface area contributed by atoms with Gasteiger partial charge in [0, 0.05) is 11.8 Å². The quantitative estimate of drug-likeness (QED) is 0.388. The Kier molecular flexibility index (Phi) is 5.51. The number of carbonyl (C=O) groups excluding carboxylic acids is 1. The van der Waals surface area contributed by atoms with E-state index in [1.54, 1.807) is 12.1 Å². The lowest BCUT2D eigenvalue weighted by molar-refractivity contribution is -0.384. The van der Waals surface area contributed by atoms with Crippen molar-refractivity contribution in [3.05, 3.63) is 63.7 Å². The second-order valence-electron chi connectivity index (χ2n) is 5.86. The third-order valence-electron chi connectivity index (χ3n) is 3.57. The van der Waals surface area contributed by atoms with Crippen LogP contribution in [0.25, 0.3) is 11.5 Å². The number of rotatable bonds is 6. The van der Waals surface area contributed by atoms with Crippen molar-refractivity contribution in [3.63, 3.8) is 0 Å². The van der Waals surface area contributed by atoms with Crippen molar-refractivity contribution in [2.45, 2.75) is 19.1 Å². The van der Waals surface area contributed by atoms with Crippen LogP contribution in [0.15, 0.2) is 52.1 Å². The number of thioether (sulfide) groups is 1. The fourth-order valence-electron chi connectivity index (χ4n) is 2.56. The number of benzene rings is 2. The van der Waals surface area contributed by atoms with Gasteiger partial charge in [-0.3, -0.25) is 14.9 Å². The lowest BCUT2D eigenvalue weighted by Gasteiger charge is -2.06. The zero-order valence-corrected chi connectivity index (χ0v) is 15.4. The lowest BCUT2D eigenvalue weighted by atomic mass is 10.1. The molecule has 0 aliphatic rings. The molecule has 2 aromatic carbocycles. The first-order valence-electron chi connectivity index (χ1n) is 8.00. The maximum Gasteiger partial charge on any atom is 0.282 e. The summed E-state index contributed by atoms with van der Waals surface area (Å²) in [4.78, 5) is 22.7. The Morgan fingerprint density at radius 1 is 1.19 bits per heavy atom. The highest BCUT2D eigenvalue weighted by atomic mass is 32.2. The normalized spacial score (nSPS) is 10.6. The van der Waals surface area contributed by atoms with Crippen molar-refractivity contribution in [2.75, 3.05) is 11.1 Å². The Morgan fingerprint density at radius 3 is 2.59 bits per heavy atom. The Balaban J connectivity index is 1.65. The molecule has 1 amide bonds. The Hall–Kier alpha value is -3.20. The second-order valence-corrected chi connectivity index (χ2v) is 6.79. The smallest absolute Gasteiger partial charge is 0.282 e. The van der Waals surface area contributed by atoms with Gasteiger partial charge in [0.15, 0.2) is 0 Å². The summed E-state index contributed by atoms with van der Waals surface area (Å²) in [5.41, 5.74) is 2.96. The average Bonchev–Trinajstić information content (AvgIpc) is 3.08. The highest BCUT2D eigenvalue weighted by Gasteiger charge is 2.20. The highest BCUT2D eigenvalue weighted by molar-refractivity contribution is 7.99. The van der Waals surface area contributed by atoms with Gasteiger partial charge in [-0.2, -0.15) is 0 Å². The van der Waals surface area contributed by atoms with Gasteiger partial charge in [-0.25, -0.2) is 0 Å². The summed E-state index contributed by atoms with van der Waals surface area (Å²) >= 11 is 1.06. The minimum atomic E-state index is -0.510. The van der Waals surface area contributed by atoms with E-state index in [4.69, 9.17) is 4.42 Å². The summed E-state index contributed by atoms with van der Waals surface area (Å²) < 4.78 is 5.46. The molecule has 9 heteroatoms. The fraction of sp³-hybridized carbons (Fsp3) is 0.167. The predicted octanol–water partition coefficient (Wildman–Crippen LogP) is 3.99. The van der Waals surface area contributed by atoms with E-state index in [-0.39, 0.29) is 34.0 Å². The van der Waals surface area contributed by atoms with Gasteiger partial charge in [0.25, 0.3) is 16.8 Å². The molecule has 0 radical (unpaired) electrons. The van der Waals surface area contributed by atoms with Gasteiger partial charge in [-0.15, -0.1) is 10.2 Å². The Bertz CT molecular complexity index is 982. The molecule has 0 aliphatic carbocycles. The van der Waals surface area contributed by atoms with Crippen LogP contribution >= 0.6 is 11.8 Å². The summed E-state index contributed by atoms with van der Waals surface area (Å²) in [6.45, 7) is 3.92. The average molecular weight is 384 g/mol. The fourth-order valence-corrected chi connectivity index (χ4v) is 3.12.